The molecule has 4 heteroatoms. The van der Waals surface area contributed by atoms with Crippen molar-refractivity contribution in [1.29, 1.82) is 0 Å². The fourth-order valence-corrected chi connectivity index (χ4v) is 2.62. The number of anilines is 2. The second-order valence-corrected chi connectivity index (χ2v) is 5.45. The number of aromatic nitrogens is 2. The topological polar surface area (TPSA) is 63.8 Å². The van der Waals surface area contributed by atoms with E-state index in [-0.39, 0.29) is 0 Å². The molecule has 0 atom stereocenters. The molecular formula is C13H20N4. The van der Waals surface area contributed by atoms with Crippen LogP contribution in [-0.4, -0.2) is 16.5 Å². The SMILES string of the molecule is Cc1c(N)ncnc1NCC(C1CC1)C1CC1. The highest BCUT2D eigenvalue weighted by Crippen LogP contribution is 2.49. The average molecular weight is 232 g/mol. The van der Waals surface area contributed by atoms with Gasteiger partial charge in [0.2, 0.25) is 0 Å². The van der Waals surface area contributed by atoms with Crippen LogP contribution in [0.5, 0.6) is 0 Å². The number of nitrogens with two attached hydrogens (primary N) is 1. The largest absolute Gasteiger partial charge is 0.383 e. The van der Waals surface area contributed by atoms with Gasteiger partial charge in [-0.15, -0.1) is 0 Å². The predicted octanol–water partition coefficient (Wildman–Crippen LogP) is 2.22. The minimum absolute atomic E-state index is 0.580. The van der Waals surface area contributed by atoms with Crippen LogP contribution in [0.4, 0.5) is 11.6 Å². The fraction of sp³-hybridized carbons (Fsp3) is 0.692. The average Bonchev–Trinajstić information content (AvgIpc) is 3.14. The van der Waals surface area contributed by atoms with Gasteiger partial charge in [0.1, 0.15) is 18.0 Å². The highest BCUT2D eigenvalue weighted by Gasteiger charge is 2.41. The molecule has 2 aliphatic carbocycles. The van der Waals surface area contributed by atoms with Crippen LogP contribution in [-0.2, 0) is 0 Å². The maximum Gasteiger partial charge on any atom is 0.134 e. The molecule has 4 nitrogen and oxygen atoms in total. The molecule has 0 saturated heterocycles. The third-order valence-corrected chi connectivity index (χ3v) is 4.08. The van der Waals surface area contributed by atoms with Gasteiger partial charge in [-0.3, -0.25) is 0 Å². The molecule has 2 aliphatic rings. The summed E-state index contributed by atoms with van der Waals surface area (Å²) < 4.78 is 0. The normalized spacial score (nSPS) is 19.6. The molecule has 2 saturated carbocycles. The molecule has 3 N–H and O–H groups in total. The molecule has 0 radical (unpaired) electrons. The summed E-state index contributed by atoms with van der Waals surface area (Å²) in [5, 5.41) is 3.47. The Morgan fingerprint density at radius 3 is 2.53 bits per heavy atom. The molecule has 2 fully saturated rings. The van der Waals surface area contributed by atoms with E-state index in [0.29, 0.717) is 5.82 Å². The molecule has 92 valence electrons. The third kappa shape index (κ3) is 2.35. The first kappa shape index (κ1) is 10.8. The summed E-state index contributed by atoms with van der Waals surface area (Å²) in [5.41, 5.74) is 6.75. The van der Waals surface area contributed by atoms with Crippen LogP contribution in [0.25, 0.3) is 0 Å². The van der Waals surface area contributed by atoms with E-state index in [1.54, 1.807) is 0 Å². The summed E-state index contributed by atoms with van der Waals surface area (Å²) in [6.45, 7) is 3.02. The number of hydrogen-bond acceptors (Lipinski definition) is 4. The van der Waals surface area contributed by atoms with E-state index < -0.39 is 0 Å². The van der Waals surface area contributed by atoms with Gasteiger partial charge in [0.15, 0.2) is 0 Å². The monoisotopic (exact) mass is 232 g/mol. The lowest BCUT2D eigenvalue weighted by atomic mass is 9.98. The van der Waals surface area contributed by atoms with E-state index in [1.807, 2.05) is 6.92 Å². The van der Waals surface area contributed by atoms with Crippen LogP contribution in [0, 0.1) is 24.7 Å². The molecule has 1 aromatic rings. The van der Waals surface area contributed by atoms with Crippen molar-refractivity contribution in [3.05, 3.63) is 11.9 Å². The van der Waals surface area contributed by atoms with E-state index in [1.165, 1.54) is 32.0 Å². The van der Waals surface area contributed by atoms with Crippen molar-refractivity contribution < 1.29 is 0 Å². The second kappa shape index (κ2) is 4.17. The molecule has 0 bridgehead atoms. The van der Waals surface area contributed by atoms with Gasteiger partial charge in [0, 0.05) is 12.1 Å². The fourth-order valence-electron chi connectivity index (χ4n) is 2.62. The lowest BCUT2D eigenvalue weighted by molar-refractivity contribution is 0.427. The smallest absolute Gasteiger partial charge is 0.134 e. The summed E-state index contributed by atoms with van der Waals surface area (Å²) in [4.78, 5) is 8.26. The molecule has 1 aromatic heterocycles. The molecule has 0 amide bonds. The first-order chi connectivity index (χ1) is 8.25. The van der Waals surface area contributed by atoms with Crippen LogP contribution < -0.4 is 11.1 Å². The maximum atomic E-state index is 5.78. The van der Waals surface area contributed by atoms with Crippen molar-refractivity contribution in [3.63, 3.8) is 0 Å². The Labute approximate surface area is 102 Å². The van der Waals surface area contributed by atoms with E-state index in [4.69, 9.17) is 5.73 Å². The van der Waals surface area contributed by atoms with Gasteiger partial charge in [0.05, 0.1) is 0 Å². The number of hydrogen-bond donors (Lipinski definition) is 2. The van der Waals surface area contributed by atoms with Crippen LogP contribution in [0.15, 0.2) is 6.33 Å². The molecule has 0 aliphatic heterocycles. The summed E-state index contributed by atoms with van der Waals surface area (Å²) in [7, 11) is 0. The van der Waals surface area contributed by atoms with E-state index >= 15 is 0 Å². The maximum absolute atomic E-state index is 5.78. The van der Waals surface area contributed by atoms with Gasteiger partial charge in [-0.25, -0.2) is 9.97 Å². The Morgan fingerprint density at radius 2 is 1.94 bits per heavy atom. The lowest BCUT2D eigenvalue weighted by Gasteiger charge is -2.17. The van der Waals surface area contributed by atoms with Crippen molar-refractivity contribution in [2.45, 2.75) is 32.6 Å². The molecular weight excluding hydrogens is 212 g/mol. The van der Waals surface area contributed by atoms with Crippen molar-refractivity contribution in [3.8, 4) is 0 Å². The minimum atomic E-state index is 0.580. The lowest BCUT2D eigenvalue weighted by Crippen LogP contribution is -2.19. The van der Waals surface area contributed by atoms with Crippen LogP contribution in [0.3, 0.4) is 0 Å². The molecule has 17 heavy (non-hydrogen) atoms. The van der Waals surface area contributed by atoms with Crippen molar-refractivity contribution >= 4 is 11.6 Å². The Balaban J connectivity index is 1.64. The molecule has 1 heterocycles. The van der Waals surface area contributed by atoms with Crippen LogP contribution in [0.1, 0.15) is 31.2 Å². The van der Waals surface area contributed by atoms with E-state index in [2.05, 4.69) is 15.3 Å². The molecule has 3 rings (SSSR count). The van der Waals surface area contributed by atoms with Crippen molar-refractivity contribution in [2.75, 3.05) is 17.6 Å². The standard InChI is InChI=1S/C13H20N4/c1-8-12(14)16-7-17-13(8)15-6-11(9-2-3-9)10-4-5-10/h7,9-11H,2-6H2,1H3,(H3,14,15,16,17). The Bertz CT molecular complexity index is 398. The molecule has 0 aromatic carbocycles. The Hall–Kier alpha value is -1.32. The third-order valence-electron chi connectivity index (χ3n) is 4.08. The molecule has 0 unspecified atom stereocenters. The van der Waals surface area contributed by atoms with Crippen LogP contribution >= 0.6 is 0 Å². The Morgan fingerprint density at radius 1 is 1.29 bits per heavy atom. The summed E-state index contributed by atoms with van der Waals surface area (Å²) >= 11 is 0. The quantitative estimate of drug-likeness (QED) is 0.817. The predicted molar refractivity (Wildman–Crippen MR) is 68.6 cm³/mol. The zero-order valence-electron chi connectivity index (χ0n) is 10.3. The number of nitrogens with one attached hydrogen (secondary N) is 1. The summed E-state index contributed by atoms with van der Waals surface area (Å²) in [5.74, 6) is 4.27. The highest BCUT2D eigenvalue weighted by atomic mass is 15.0. The van der Waals surface area contributed by atoms with Gasteiger partial charge in [-0.2, -0.15) is 0 Å². The first-order valence-corrected chi connectivity index (χ1v) is 6.56. The van der Waals surface area contributed by atoms with Gasteiger partial charge >= 0.3 is 0 Å². The summed E-state index contributed by atoms with van der Waals surface area (Å²) in [6, 6.07) is 0. The molecule has 0 spiro atoms. The number of nitrogens with zero attached hydrogens (tertiary/aromatic N) is 2. The first-order valence-electron chi connectivity index (χ1n) is 6.56. The minimum Gasteiger partial charge on any atom is -0.383 e. The number of rotatable bonds is 5. The number of nitrogen functional groups attached to an aromatic ring is 1. The van der Waals surface area contributed by atoms with Gasteiger partial charge in [-0.05, 0) is 50.4 Å². The van der Waals surface area contributed by atoms with Gasteiger partial charge in [0.25, 0.3) is 0 Å². The Kier molecular flexibility index (Phi) is 2.65. The van der Waals surface area contributed by atoms with Crippen LogP contribution in [0.2, 0.25) is 0 Å². The van der Waals surface area contributed by atoms with Gasteiger partial charge in [-0.1, -0.05) is 0 Å². The zero-order valence-corrected chi connectivity index (χ0v) is 10.3. The van der Waals surface area contributed by atoms with Gasteiger partial charge < -0.3 is 11.1 Å². The zero-order chi connectivity index (χ0) is 11.8. The highest BCUT2D eigenvalue weighted by molar-refractivity contribution is 5.53. The van der Waals surface area contributed by atoms with E-state index in [9.17, 15) is 0 Å². The summed E-state index contributed by atoms with van der Waals surface area (Å²) in [6.07, 6.45) is 7.23. The van der Waals surface area contributed by atoms with E-state index in [0.717, 1.165) is 35.7 Å². The van der Waals surface area contributed by atoms with Crippen molar-refractivity contribution in [1.82, 2.24) is 9.97 Å². The van der Waals surface area contributed by atoms with Crippen molar-refractivity contribution in [2.24, 2.45) is 17.8 Å². The second-order valence-electron chi connectivity index (χ2n) is 5.45.